The zero-order valence-corrected chi connectivity index (χ0v) is 11.3. The van der Waals surface area contributed by atoms with Crippen molar-refractivity contribution in [1.29, 1.82) is 0 Å². The van der Waals surface area contributed by atoms with Crippen LogP contribution in [0, 0.1) is 0 Å². The molecule has 7 heteroatoms. The van der Waals surface area contributed by atoms with Gasteiger partial charge in [0.05, 0.1) is 0 Å². The fourth-order valence-corrected chi connectivity index (χ4v) is 2.27. The van der Waals surface area contributed by atoms with Gasteiger partial charge in [-0.2, -0.15) is 0 Å². The van der Waals surface area contributed by atoms with E-state index in [1.807, 2.05) is 0 Å². The lowest BCUT2D eigenvalue weighted by molar-refractivity contribution is -0.143. The molecule has 0 aliphatic carbocycles. The van der Waals surface area contributed by atoms with Crippen LogP contribution in [0.1, 0.15) is 39.5 Å². The number of carbonyl (C=O) groups excluding carboxylic acids is 2. The van der Waals surface area contributed by atoms with Crippen molar-refractivity contribution < 1.29 is 19.5 Å². The molecule has 19 heavy (non-hydrogen) atoms. The van der Waals surface area contributed by atoms with Crippen molar-refractivity contribution >= 4 is 17.9 Å². The molecule has 0 aromatic carbocycles. The van der Waals surface area contributed by atoms with Crippen LogP contribution in [0.15, 0.2) is 0 Å². The van der Waals surface area contributed by atoms with E-state index < -0.39 is 29.5 Å². The van der Waals surface area contributed by atoms with Crippen LogP contribution in [-0.2, 0) is 9.59 Å². The van der Waals surface area contributed by atoms with Crippen molar-refractivity contribution in [3.8, 4) is 0 Å². The van der Waals surface area contributed by atoms with Gasteiger partial charge < -0.3 is 21.1 Å². The second-order valence-corrected chi connectivity index (χ2v) is 5.50. The molecule has 1 aliphatic heterocycles. The molecular formula is C12H21N3O4. The highest BCUT2D eigenvalue weighted by molar-refractivity contribution is 5.84. The molecule has 0 bridgehead atoms. The molecule has 1 rings (SSSR count). The number of aliphatic carboxylic acids is 1. The van der Waals surface area contributed by atoms with Crippen LogP contribution in [0.5, 0.6) is 0 Å². The summed E-state index contributed by atoms with van der Waals surface area (Å²) in [6, 6.07) is -1.25. The number of carbonyl (C=O) groups is 3. The standard InChI is InChI=1S/C12H21N3O4/c1-12(2,7-9(13)16)14-11(19)15-6-4-3-5-8(15)10(17)18/h8H,3-7H2,1-2H3,(H2,13,16)(H,14,19)(H,17,18). The normalized spacial score (nSPS) is 19.9. The van der Waals surface area contributed by atoms with E-state index in [4.69, 9.17) is 10.8 Å². The Hall–Kier alpha value is -1.79. The quantitative estimate of drug-likeness (QED) is 0.682. The number of nitrogens with two attached hydrogens (primary N) is 1. The number of nitrogens with zero attached hydrogens (tertiary/aromatic N) is 1. The molecule has 4 N–H and O–H groups in total. The molecule has 0 radical (unpaired) electrons. The summed E-state index contributed by atoms with van der Waals surface area (Å²) in [4.78, 5) is 35.4. The summed E-state index contributed by atoms with van der Waals surface area (Å²) in [7, 11) is 0. The Morgan fingerprint density at radius 2 is 2.00 bits per heavy atom. The number of hydrogen-bond donors (Lipinski definition) is 3. The number of hydrogen-bond acceptors (Lipinski definition) is 3. The molecule has 1 atom stereocenters. The van der Waals surface area contributed by atoms with E-state index in [-0.39, 0.29) is 6.42 Å². The van der Waals surface area contributed by atoms with Crippen molar-refractivity contribution in [3.63, 3.8) is 0 Å². The van der Waals surface area contributed by atoms with Crippen molar-refractivity contribution in [2.45, 2.75) is 51.1 Å². The Bertz CT molecular complexity index is 381. The molecule has 0 spiro atoms. The summed E-state index contributed by atoms with van der Waals surface area (Å²) < 4.78 is 0. The van der Waals surface area contributed by atoms with E-state index in [1.54, 1.807) is 13.8 Å². The first-order valence-electron chi connectivity index (χ1n) is 6.33. The van der Waals surface area contributed by atoms with Crippen LogP contribution in [-0.4, -0.2) is 46.0 Å². The zero-order chi connectivity index (χ0) is 14.6. The minimum atomic E-state index is -0.998. The zero-order valence-electron chi connectivity index (χ0n) is 11.3. The number of piperidine rings is 1. The number of rotatable bonds is 4. The highest BCUT2D eigenvalue weighted by Gasteiger charge is 2.34. The van der Waals surface area contributed by atoms with Gasteiger partial charge in [0.2, 0.25) is 5.91 Å². The van der Waals surface area contributed by atoms with E-state index in [9.17, 15) is 14.4 Å². The highest BCUT2D eigenvalue weighted by atomic mass is 16.4. The lowest BCUT2D eigenvalue weighted by Gasteiger charge is -2.36. The van der Waals surface area contributed by atoms with Gasteiger partial charge in [-0.25, -0.2) is 9.59 Å². The van der Waals surface area contributed by atoms with Gasteiger partial charge >= 0.3 is 12.0 Å². The number of carboxylic acids is 1. The van der Waals surface area contributed by atoms with Gasteiger partial charge in [-0.05, 0) is 33.1 Å². The first kappa shape index (κ1) is 15.3. The van der Waals surface area contributed by atoms with Gasteiger partial charge in [0.25, 0.3) is 0 Å². The first-order valence-corrected chi connectivity index (χ1v) is 6.33. The van der Waals surface area contributed by atoms with Gasteiger partial charge in [0.15, 0.2) is 0 Å². The van der Waals surface area contributed by atoms with Gasteiger partial charge in [0, 0.05) is 18.5 Å². The SMILES string of the molecule is CC(C)(CC(N)=O)NC(=O)N1CCCCC1C(=O)O. The summed E-state index contributed by atoms with van der Waals surface area (Å²) in [6.45, 7) is 3.76. The Morgan fingerprint density at radius 1 is 1.37 bits per heavy atom. The van der Waals surface area contributed by atoms with E-state index in [1.165, 1.54) is 4.90 Å². The summed E-state index contributed by atoms with van der Waals surface area (Å²) in [5.41, 5.74) is 4.32. The van der Waals surface area contributed by atoms with E-state index in [2.05, 4.69) is 5.32 Å². The smallest absolute Gasteiger partial charge is 0.326 e. The third-order valence-corrected chi connectivity index (χ3v) is 3.11. The topological polar surface area (TPSA) is 113 Å². The molecule has 3 amide bonds. The maximum Gasteiger partial charge on any atom is 0.326 e. The molecule has 0 aromatic rings. The Kier molecular flexibility index (Phi) is 4.74. The Morgan fingerprint density at radius 3 is 2.53 bits per heavy atom. The highest BCUT2D eigenvalue weighted by Crippen LogP contribution is 2.18. The van der Waals surface area contributed by atoms with E-state index >= 15 is 0 Å². The number of primary amides is 1. The van der Waals surface area contributed by atoms with Crippen LogP contribution in [0.2, 0.25) is 0 Å². The Balaban J connectivity index is 2.70. The minimum Gasteiger partial charge on any atom is -0.480 e. The fourth-order valence-electron chi connectivity index (χ4n) is 2.27. The monoisotopic (exact) mass is 271 g/mol. The van der Waals surface area contributed by atoms with Crippen LogP contribution in [0.3, 0.4) is 0 Å². The van der Waals surface area contributed by atoms with E-state index in [0.717, 1.165) is 12.8 Å². The maximum absolute atomic E-state index is 12.1. The number of amides is 3. The molecule has 0 aromatic heterocycles. The average Bonchev–Trinajstić information content (AvgIpc) is 2.26. The van der Waals surface area contributed by atoms with Crippen LogP contribution < -0.4 is 11.1 Å². The molecule has 1 saturated heterocycles. The molecule has 1 aliphatic rings. The third kappa shape index (κ3) is 4.42. The Labute approximate surface area is 112 Å². The lowest BCUT2D eigenvalue weighted by atomic mass is 9.99. The number of likely N-dealkylation sites (tertiary alicyclic amines) is 1. The van der Waals surface area contributed by atoms with Crippen molar-refractivity contribution in [3.05, 3.63) is 0 Å². The van der Waals surface area contributed by atoms with Crippen LogP contribution in [0.25, 0.3) is 0 Å². The molecule has 7 nitrogen and oxygen atoms in total. The van der Waals surface area contributed by atoms with Gasteiger partial charge in [-0.15, -0.1) is 0 Å². The molecule has 1 fully saturated rings. The number of carboxylic acid groups (broad SMARTS) is 1. The fraction of sp³-hybridized carbons (Fsp3) is 0.750. The maximum atomic E-state index is 12.1. The van der Waals surface area contributed by atoms with Gasteiger partial charge in [-0.1, -0.05) is 0 Å². The lowest BCUT2D eigenvalue weighted by Crippen LogP contribution is -2.57. The predicted octanol–water partition coefficient (Wildman–Crippen LogP) is 0.289. The first-order chi connectivity index (χ1) is 8.73. The second-order valence-electron chi connectivity index (χ2n) is 5.50. The summed E-state index contributed by atoms with van der Waals surface area (Å²) in [6.07, 6.45) is 2.04. The van der Waals surface area contributed by atoms with Crippen molar-refractivity contribution in [1.82, 2.24) is 10.2 Å². The van der Waals surface area contributed by atoms with Gasteiger partial charge in [-0.3, -0.25) is 4.79 Å². The third-order valence-electron chi connectivity index (χ3n) is 3.11. The van der Waals surface area contributed by atoms with Crippen molar-refractivity contribution in [2.24, 2.45) is 5.73 Å². The molecule has 1 heterocycles. The molecule has 108 valence electrons. The van der Waals surface area contributed by atoms with E-state index in [0.29, 0.717) is 13.0 Å². The number of urea groups is 1. The average molecular weight is 271 g/mol. The van der Waals surface area contributed by atoms with Crippen LogP contribution >= 0.6 is 0 Å². The van der Waals surface area contributed by atoms with Crippen LogP contribution in [0.4, 0.5) is 4.79 Å². The molecule has 1 unspecified atom stereocenters. The summed E-state index contributed by atoms with van der Waals surface area (Å²) >= 11 is 0. The molecule has 0 saturated carbocycles. The second kappa shape index (κ2) is 5.90. The van der Waals surface area contributed by atoms with Crippen molar-refractivity contribution in [2.75, 3.05) is 6.54 Å². The summed E-state index contributed by atoms with van der Waals surface area (Å²) in [5.74, 6) is -1.51. The largest absolute Gasteiger partial charge is 0.480 e. The molecular weight excluding hydrogens is 250 g/mol. The van der Waals surface area contributed by atoms with Gasteiger partial charge in [0.1, 0.15) is 6.04 Å². The number of nitrogens with one attached hydrogen (secondary N) is 1. The summed E-state index contributed by atoms with van der Waals surface area (Å²) in [5, 5.41) is 11.8. The minimum absolute atomic E-state index is 0.00428. The predicted molar refractivity (Wildman–Crippen MR) is 68.4 cm³/mol.